The average molecular weight is 240 g/mol. The highest BCUT2D eigenvalue weighted by Crippen LogP contribution is 2.26. The van der Waals surface area contributed by atoms with Crippen molar-refractivity contribution in [1.29, 1.82) is 0 Å². The fourth-order valence-electron chi connectivity index (χ4n) is 2.65. The van der Waals surface area contributed by atoms with Crippen LogP contribution >= 0.6 is 0 Å². The highest BCUT2D eigenvalue weighted by atomic mass is 16.1. The van der Waals surface area contributed by atoms with E-state index in [1.807, 2.05) is 36.4 Å². The number of rotatable bonds is 2. The predicted molar refractivity (Wildman–Crippen MR) is 73.7 cm³/mol. The van der Waals surface area contributed by atoms with E-state index >= 15 is 0 Å². The van der Waals surface area contributed by atoms with Crippen molar-refractivity contribution in [3.8, 4) is 0 Å². The van der Waals surface area contributed by atoms with Crippen LogP contribution in [-0.4, -0.2) is 18.4 Å². The van der Waals surface area contributed by atoms with E-state index in [1.54, 1.807) is 0 Å². The van der Waals surface area contributed by atoms with Crippen molar-refractivity contribution in [3.05, 3.63) is 42.0 Å². The third-order valence-corrected chi connectivity index (χ3v) is 3.58. The molecule has 0 unspecified atom stereocenters. The molecule has 2 aromatic rings. The van der Waals surface area contributed by atoms with E-state index in [-0.39, 0.29) is 11.8 Å². The molecule has 2 aromatic carbocycles. The SMILES string of the molecule is Nc1ccc2ccccc2c1C(=O)[C@H]1CCCN1. The highest BCUT2D eigenvalue weighted by molar-refractivity contribution is 6.14. The number of carbonyl (C=O) groups excluding carboxylic acids is 1. The highest BCUT2D eigenvalue weighted by Gasteiger charge is 2.25. The fraction of sp³-hybridized carbons (Fsp3) is 0.267. The van der Waals surface area contributed by atoms with Crippen LogP contribution in [0.2, 0.25) is 0 Å². The Morgan fingerprint density at radius 3 is 2.83 bits per heavy atom. The zero-order valence-electron chi connectivity index (χ0n) is 10.1. The van der Waals surface area contributed by atoms with Gasteiger partial charge in [0.25, 0.3) is 0 Å². The van der Waals surface area contributed by atoms with Gasteiger partial charge in [0.1, 0.15) is 0 Å². The van der Waals surface area contributed by atoms with Gasteiger partial charge >= 0.3 is 0 Å². The Kier molecular flexibility index (Phi) is 2.76. The van der Waals surface area contributed by atoms with E-state index < -0.39 is 0 Å². The Balaban J connectivity index is 2.14. The first-order chi connectivity index (χ1) is 8.77. The minimum atomic E-state index is -0.0712. The number of ketones is 1. The van der Waals surface area contributed by atoms with Crippen molar-refractivity contribution in [2.45, 2.75) is 18.9 Å². The Morgan fingerprint density at radius 2 is 2.06 bits per heavy atom. The molecule has 3 heteroatoms. The van der Waals surface area contributed by atoms with Gasteiger partial charge in [-0.1, -0.05) is 30.3 Å². The summed E-state index contributed by atoms with van der Waals surface area (Å²) in [6.07, 6.45) is 1.96. The molecule has 1 aliphatic heterocycles. The zero-order valence-corrected chi connectivity index (χ0v) is 10.1. The molecule has 0 bridgehead atoms. The van der Waals surface area contributed by atoms with Gasteiger partial charge < -0.3 is 11.1 Å². The number of nitrogens with one attached hydrogen (secondary N) is 1. The van der Waals surface area contributed by atoms with Crippen LogP contribution < -0.4 is 11.1 Å². The van der Waals surface area contributed by atoms with Crippen LogP contribution in [0.3, 0.4) is 0 Å². The fourth-order valence-corrected chi connectivity index (χ4v) is 2.65. The normalized spacial score (nSPS) is 19.2. The van der Waals surface area contributed by atoms with Crippen molar-refractivity contribution in [2.24, 2.45) is 0 Å². The lowest BCUT2D eigenvalue weighted by Crippen LogP contribution is -2.31. The summed E-state index contributed by atoms with van der Waals surface area (Å²) in [5.41, 5.74) is 7.26. The maximum atomic E-state index is 12.5. The van der Waals surface area contributed by atoms with Gasteiger partial charge in [0.15, 0.2) is 5.78 Å². The summed E-state index contributed by atoms with van der Waals surface area (Å²) in [4.78, 5) is 12.5. The van der Waals surface area contributed by atoms with Gasteiger partial charge in [-0.25, -0.2) is 0 Å². The van der Waals surface area contributed by atoms with E-state index in [9.17, 15) is 4.79 Å². The van der Waals surface area contributed by atoms with E-state index in [0.717, 1.165) is 30.2 Å². The monoisotopic (exact) mass is 240 g/mol. The molecule has 1 fully saturated rings. The molecular weight excluding hydrogens is 224 g/mol. The summed E-state index contributed by atoms with van der Waals surface area (Å²) in [5, 5.41) is 5.26. The summed E-state index contributed by atoms with van der Waals surface area (Å²) < 4.78 is 0. The molecule has 0 radical (unpaired) electrons. The zero-order chi connectivity index (χ0) is 12.5. The molecule has 0 aliphatic carbocycles. The molecule has 3 N–H and O–H groups in total. The molecule has 1 heterocycles. The van der Waals surface area contributed by atoms with Crippen LogP contribution in [0.4, 0.5) is 5.69 Å². The van der Waals surface area contributed by atoms with Crippen molar-refractivity contribution < 1.29 is 4.79 Å². The number of hydrogen-bond donors (Lipinski definition) is 2. The van der Waals surface area contributed by atoms with Crippen LogP contribution in [0.25, 0.3) is 10.8 Å². The summed E-state index contributed by atoms with van der Waals surface area (Å²) in [7, 11) is 0. The van der Waals surface area contributed by atoms with Crippen LogP contribution in [0.15, 0.2) is 36.4 Å². The molecule has 1 atom stereocenters. The van der Waals surface area contributed by atoms with Crippen molar-refractivity contribution in [3.63, 3.8) is 0 Å². The molecule has 92 valence electrons. The minimum absolute atomic E-state index is 0.0712. The lowest BCUT2D eigenvalue weighted by Gasteiger charge is -2.13. The molecule has 1 aliphatic rings. The molecule has 3 nitrogen and oxygen atoms in total. The van der Waals surface area contributed by atoms with Crippen molar-refractivity contribution >= 4 is 22.2 Å². The second kappa shape index (κ2) is 4.42. The number of Topliss-reactive ketones (excluding diaryl/α,β-unsaturated/α-hetero) is 1. The van der Waals surface area contributed by atoms with Gasteiger partial charge in [0.2, 0.25) is 0 Å². The second-order valence-corrected chi connectivity index (χ2v) is 4.76. The number of nitrogen functional groups attached to an aromatic ring is 1. The van der Waals surface area contributed by atoms with Crippen LogP contribution in [-0.2, 0) is 0 Å². The van der Waals surface area contributed by atoms with Crippen LogP contribution in [0.1, 0.15) is 23.2 Å². The Bertz CT molecular complexity index is 600. The van der Waals surface area contributed by atoms with Gasteiger partial charge in [-0.2, -0.15) is 0 Å². The van der Waals surface area contributed by atoms with Crippen LogP contribution in [0, 0.1) is 0 Å². The number of fused-ring (bicyclic) bond motifs is 1. The van der Waals surface area contributed by atoms with Gasteiger partial charge in [-0.15, -0.1) is 0 Å². The van der Waals surface area contributed by atoms with Gasteiger partial charge in [0.05, 0.1) is 6.04 Å². The number of carbonyl (C=O) groups is 1. The number of anilines is 1. The lowest BCUT2D eigenvalue weighted by molar-refractivity contribution is 0.0955. The number of benzene rings is 2. The molecule has 18 heavy (non-hydrogen) atoms. The van der Waals surface area contributed by atoms with E-state index in [2.05, 4.69) is 5.32 Å². The van der Waals surface area contributed by atoms with E-state index in [4.69, 9.17) is 5.73 Å². The maximum absolute atomic E-state index is 12.5. The van der Waals surface area contributed by atoms with Gasteiger partial charge in [0, 0.05) is 11.3 Å². The first-order valence-corrected chi connectivity index (χ1v) is 6.32. The molecular formula is C15H16N2O. The predicted octanol–water partition coefficient (Wildman–Crippen LogP) is 2.36. The largest absolute Gasteiger partial charge is 0.398 e. The summed E-state index contributed by atoms with van der Waals surface area (Å²) >= 11 is 0. The molecule has 0 amide bonds. The van der Waals surface area contributed by atoms with E-state index in [1.165, 1.54) is 0 Å². The topological polar surface area (TPSA) is 55.1 Å². The average Bonchev–Trinajstić information content (AvgIpc) is 2.92. The third-order valence-electron chi connectivity index (χ3n) is 3.58. The van der Waals surface area contributed by atoms with Gasteiger partial charge in [-0.3, -0.25) is 4.79 Å². The summed E-state index contributed by atoms with van der Waals surface area (Å²) in [5.74, 6) is 0.127. The number of hydrogen-bond acceptors (Lipinski definition) is 3. The first kappa shape index (κ1) is 11.2. The van der Waals surface area contributed by atoms with Crippen LogP contribution in [0.5, 0.6) is 0 Å². The molecule has 0 aromatic heterocycles. The van der Waals surface area contributed by atoms with E-state index in [0.29, 0.717) is 11.3 Å². The van der Waals surface area contributed by atoms with Crippen molar-refractivity contribution in [2.75, 3.05) is 12.3 Å². The smallest absolute Gasteiger partial charge is 0.182 e. The first-order valence-electron chi connectivity index (χ1n) is 6.32. The Hall–Kier alpha value is -1.87. The second-order valence-electron chi connectivity index (χ2n) is 4.76. The number of nitrogens with two attached hydrogens (primary N) is 1. The van der Waals surface area contributed by atoms with Gasteiger partial charge in [-0.05, 0) is 36.2 Å². The Labute approximate surface area is 106 Å². The summed E-state index contributed by atoms with van der Waals surface area (Å²) in [6.45, 7) is 0.918. The quantitative estimate of drug-likeness (QED) is 0.626. The minimum Gasteiger partial charge on any atom is -0.398 e. The standard InChI is InChI=1S/C15H16N2O/c16-12-8-7-10-4-1-2-5-11(10)14(12)15(18)13-6-3-9-17-13/h1-2,4-5,7-8,13,17H,3,6,9,16H2/t13-/m1/s1. The third kappa shape index (κ3) is 1.77. The molecule has 3 rings (SSSR count). The summed E-state index contributed by atoms with van der Waals surface area (Å²) in [6, 6.07) is 11.6. The molecule has 0 spiro atoms. The molecule has 1 saturated heterocycles. The lowest BCUT2D eigenvalue weighted by atomic mass is 9.95. The maximum Gasteiger partial charge on any atom is 0.182 e. The van der Waals surface area contributed by atoms with Crippen molar-refractivity contribution in [1.82, 2.24) is 5.32 Å². The molecule has 0 saturated carbocycles. The Morgan fingerprint density at radius 1 is 1.22 bits per heavy atom.